The molecule has 2 rings (SSSR count). The van der Waals surface area contributed by atoms with Crippen LogP contribution in [0, 0.1) is 0 Å². The summed E-state index contributed by atoms with van der Waals surface area (Å²) in [5.74, 6) is -0.561. The van der Waals surface area contributed by atoms with E-state index in [4.69, 9.17) is 0 Å². The number of nitrogens with zero attached hydrogens (tertiary/aromatic N) is 1. The number of hydrogen-bond acceptors (Lipinski definition) is 3. The summed E-state index contributed by atoms with van der Waals surface area (Å²) in [5, 5.41) is 2.61. The predicted molar refractivity (Wildman–Crippen MR) is 74.3 cm³/mol. The number of alkyl halides is 3. The molecule has 0 aliphatic carbocycles. The third kappa shape index (κ3) is 5.43. The Morgan fingerprint density at radius 1 is 1.18 bits per heavy atom. The van der Waals surface area contributed by atoms with Crippen LogP contribution < -0.4 is 10.1 Å². The minimum absolute atomic E-state index is 0.228. The van der Waals surface area contributed by atoms with Crippen molar-refractivity contribution >= 4 is 11.6 Å². The highest BCUT2D eigenvalue weighted by Gasteiger charge is 2.30. The Morgan fingerprint density at radius 2 is 1.91 bits per heavy atom. The van der Waals surface area contributed by atoms with Crippen molar-refractivity contribution < 1.29 is 22.7 Å². The number of ether oxygens (including phenoxy) is 1. The van der Waals surface area contributed by atoms with Gasteiger partial charge in [0.15, 0.2) is 0 Å². The van der Waals surface area contributed by atoms with E-state index in [1.54, 1.807) is 18.5 Å². The minimum atomic E-state index is -4.73. The third-order valence-electron chi connectivity index (χ3n) is 2.74. The van der Waals surface area contributed by atoms with Gasteiger partial charge >= 0.3 is 6.36 Å². The zero-order valence-electron chi connectivity index (χ0n) is 11.4. The number of nitrogens with one attached hydrogen (secondary N) is 1. The first-order chi connectivity index (χ1) is 10.4. The van der Waals surface area contributed by atoms with Crippen molar-refractivity contribution in [3.8, 4) is 5.75 Å². The van der Waals surface area contributed by atoms with Gasteiger partial charge in [0, 0.05) is 24.5 Å². The summed E-state index contributed by atoms with van der Waals surface area (Å²) in [7, 11) is 0. The lowest BCUT2D eigenvalue weighted by molar-refractivity contribution is -0.274. The van der Waals surface area contributed by atoms with E-state index < -0.39 is 6.36 Å². The van der Waals surface area contributed by atoms with Crippen LogP contribution in [0.3, 0.4) is 0 Å². The molecular formula is C15H13F3N2O2. The Kier molecular flexibility index (Phi) is 4.98. The fraction of sp³-hybridized carbons (Fsp3) is 0.200. The average molecular weight is 310 g/mol. The lowest BCUT2D eigenvalue weighted by Crippen LogP contribution is -2.17. The van der Waals surface area contributed by atoms with Crippen molar-refractivity contribution in [3.05, 3.63) is 54.4 Å². The second-order valence-electron chi connectivity index (χ2n) is 4.48. The summed E-state index contributed by atoms with van der Waals surface area (Å²) in [6.07, 6.45) is -0.611. The summed E-state index contributed by atoms with van der Waals surface area (Å²) in [5.41, 5.74) is 1.34. The van der Waals surface area contributed by atoms with Gasteiger partial charge in [0.25, 0.3) is 0 Å². The molecule has 0 aliphatic heterocycles. The van der Waals surface area contributed by atoms with E-state index in [0.29, 0.717) is 12.1 Å². The van der Waals surface area contributed by atoms with E-state index in [-0.39, 0.29) is 18.1 Å². The van der Waals surface area contributed by atoms with Crippen molar-refractivity contribution in [1.82, 2.24) is 4.98 Å². The van der Waals surface area contributed by atoms with Crippen LogP contribution in [0.25, 0.3) is 0 Å². The molecule has 1 aromatic heterocycles. The van der Waals surface area contributed by atoms with Gasteiger partial charge in [0.05, 0.1) is 0 Å². The van der Waals surface area contributed by atoms with Crippen molar-refractivity contribution in [2.24, 2.45) is 0 Å². The number of aryl methyl sites for hydroxylation is 1. The minimum Gasteiger partial charge on any atom is -0.406 e. The largest absolute Gasteiger partial charge is 0.573 e. The zero-order chi connectivity index (χ0) is 16.0. The number of aromatic nitrogens is 1. The maximum atomic E-state index is 12.0. The van der Waals surface area contributed by atoms with Crippen LogP contribution in [-0.2, 0) is 11.2 Å². The van der Waals surface area contributed by atoms with Gasteiger partial charge in [0.2, 0.25) is 5.91 Å². The van der Waals surface area contributed by atoms with Gasteiger partial charge in [-0.15, -0.1) is 13.2 Å². The van der Waals surface area contributed by atoms with Gasteiger partial charge in [-0.25, -0.2) is 0 Å². The zero-order valence-corrected chi connectivity index (χ0v) is 11.4. The van der Waals surface area contributed by atoms with Gasteiger partial charge in [-0.3, -0.25) is 9.78 Å². The number of hydrogen-bond donors (Lipinski definition) is 1. The molecule has 1 amide bonds. The van der Waals surface area contributed by atoms with Crippen LogP contribution in [0.5, 0.6) is 5.75 Å². The fourth-order valence-corrected chi connectivity index (χ4v) is 1.77. The fourth-order valence-electron chi connectivity index (χ4n) is 1.77. The van der Waals surface area contributed by atoms with Crippen molar-refractivity contribution in [2.75, 3.05) is 5.32 Å². The van der Waals surface area contributed by atoms with E-state index in [0.717, 1.165) is 17.7 Å². The molecule has 1 N–H and O–H groups in total. The Morgan fingerprint density at radius 3 is 2.50 bits per heavy atom. The SMILES string of the molecule is O=C(CCc1cccnc1)Nc1ccc(OC(F)(F)F)cc1. The van der Waals surface area contributed by atoms with Crippen molar-refractivity contribution in [1.29, 1.82) is 0 Å². The lowest BCUT2D eigenvalue weighted by Gasteiger charge is -2.10. The molecule has 2 aromatic rings. The molecular weight excluding hydrogens is 297 g/mol. The average Bonchev–Trinajstić information content (AvgIpc) is 2.47. The van der Waals surface area contributed by atoms with Crippen LogP contribution in [0.2, 0.25) is 0 Å². The molecule has 0 aliphatic rings. The summed E-state index contributed by atoms with van der Waals surface area (Å²) in [4.78, 5) is 15.7. The number of rotatable bonds is 5. The molecule has 116 valence electrons. The smallest absolute Gasteiger partial charge is 0.406 e. The van der Waals surface area contributed by atoms with Gasteiger partial charge in [-0.05, 0) is 42.3 Å². The molecule has 0 saturated heterocycles. The second kappa shape index (κ2) is 6.93. The molecule has 0 fully saturated rings. The van der Waals surface area contributed by atoms with Crippen molar-refractivity contribution in [3.63, 3.8) is 0 Å². The van der Waals surface area contributed by atoms with Crippen LogP contribution >= 0.6 is 0 Å². The first-order valence-electron chi connectivity index (χ1n) is 6.47. The van der Waals surface area contributed by atoms with E-state index in [2.05, 4.69) is 15.0 Å². The molecule has 0 unspecified atom stereocenters. The first-order valence-corrected chi connectivity index (χ1v) is 6.47. The number of carbonyl (C=O) groups is 1. The van der Waals surface area contributed by atoms with E-state index in [9.17, 15) is 18.0 Å². The highest BCUT2D eigenvalue weighted by Crippen LogP contribution is 2.24. The van der Waals surface area contributed by atoms with Gasteiger partial charge in [0.1, 0.15) is 5.75 Å². The molecule has 0 radical (unpaired) electrons. The van der Waals surface area contributed by atoms with E-state index in [1.165, 1.54) is 12.1 Å². The lowest BCUT2D eigenvalue weighted by atomic mass is 10.1. The molecule has 0 spiro atoms. The number of pyridine rings is 1. The number of carbonyl (C=O) groups excluding carboxylic acids is 1. The normalized spacial score (nSPS) is 11.0. The van der Waals surface area contributed by atoms with Crippen LogP contribution in [-0.4, -0.2) is 17.3 Å². The Labute approximate surface area is 124 Å². The monoisotopic (exact) mass is 310 g/mol. The molecule has 0 atom stereocenters. The second-order valence-corrected chi connectivity index (χ2v) is 4.48. The highest BCUT2D eigenvalue weighted by molar-refractivity contribution is 5.90. The number of benzene rings is 1. The molecule has 4 nitrogen and oxygen atoms in total. The maximum Gasteiger partial charge on any atom is 0.573 e. The topological polar surface area (TPSA) is 51.2 Å². The molecule has 22 heavy (non-hydrogen) atoms. The van der Waals surface area contributed by atoms with Crippen LogP contribution in [0.4, 0.5) is 18.9 Å². The maximum absolute atomic E-state index is 12.0. The molecule has 7 heteroatoms. The van der Waals surface area contributed by atoms with Crippen LogP contribution in [0.1, 0.15) is 12.0 Å². The Bertz CT molecular complexity index is 613. The predicted octanol–water partition coefficient (Wildman–Crippen LogP) is 3.55. The number of amides is 1. The number of anilines is 1. The highest BCUT2D eigenvalue weighted by atomic mass is 19.4. The van der Waals surface area contributed by atoms with Crippen LogP contribution in [0.15, 0.2) is 48.8 Å². The Hall–Kier alpha value is -2.57. The van der Waals surface area contributed by atoms with Gasteiger partial charge < -0.3 is 10.1 Å². The Balaban J connectivity index is 1.84. The van der Waals surface area contributed by atoms with E-state index >= 15 is 0 Å². The summed E-state index contributed by atoms with van der Waals surface area (Å²) >= 11 is 0. The molecule has 0 bridgehead atoms. The van der Waals surface area contributed by atoms with Gasteiger partial charge in [-0.2, -0.15) is 0 Å². The first kappa shape index (κ1) is 15.8. The molecule has 1 aromatic carbocycles. The molecule has 0 saturated carbocycles. The summed E-state index contributed by atoms with van der Waals surface area (Å²) in [6, 6.07) is 8.64. The quantitative estimate of drug-likeness (QED) is 0.919. The standard InChI is InChI=1S/C15H13F3N2O2/c16-15(17,18)22-13-6-4-12(5-7-13)20-14(21)8-3-11-2-1-9-19-10-11/h1-2,4-7,9-10H,3,8H2,(H,20,21). The summed E-state index contributed by atoms with van der Waals surface area (Å²) < 4.78 is 39.8. The third-order valence-corrected chi connectivity index (χ3v) is 2.74. The number of halogens is 3. The summed E-state index contributed by atoms with van der Waals surface area (Å²) in [6.45, 7) is 0. The van der Waals surface area contributed by atoms with Crippen molar-refractivity contribution in [2.45, 2.75) is 19.2 Å². The van der Waals surface area contributed by atoms with E-state index in [1.807, 2.05) is 6.07 Å². The molecule has 1 heterocycles. The van der Waals surface area contributed by atoms with Gasteiger partial charge in [-0.1, -0.05) is 6.07 Å².